The Bertz CT molecular complexity index is 553. The van der Waals surface area contributed by atoms with E-state index in [1.807, 2.05) is 30.3 Å². The van der Waals surface area contributed by atoms with Gasteiger partial charge in [0.15, 0.2) is 11.0 Å². The Hall–Kier alpha value is -1.78. The summed E-state index contributed by atoms with van der Waals surface area (Å²) in [6.07, 6.45) is 0.723. The lowest BCUT2D eigenvalue weighted by Crippen LogP contribution is -2.35. The fraction of sp³-hybridized carbons (Fsp3) is 0.267. The van der Waals surface area contributed by atoms with Gasteiger partial charge in [0.25, 0.3) is 5.91 Å². The molecule has 1 aromatic heterocycles. The SMILES string of the molecule is O=C(c1ccc(Cl)o1)N(CCO)CCc1ccccc1. The fourth-order valence-electron chi connectivity index (χ4n) is 1.93. The smallest absolute Gasteiger partial charge is 0.289 e. The highest BCUT2D eigenvalue weighted by Gasteiger charge is 2.18. The number of halogens is 1. The molecule has 20 heavy (non-hydrogen) atoms. The standard InChI is InChI=1S/C15H16ClNO3/c16-14-7-6-13(20-14)15(19)17(10-11-18)9-8-12-4-2-1-3-5-12/h1-7,18H,8-11H2. The second-order valence-electron chi connectivity index (χ2n) is 4.36. The molecule has 1 N–H and O–H groups in total. The summed E-state index contributed by atoms with van der Waals surface area (Å²) in [7, 11) is 0. The Morgan fingerprint density at radius 3 is 2.50 bits per heavy atom. The molecule has 0 bridgehead atoms. The topological polar surface area (TPSA) is 53.7 Å². The number of amides is 1. The Morgan fingerprint density at radius 2 is 1.90 bits per heavy atom. The predicted octanol–water partition coefficient (Wildman–Crippen LogP) is 2.61. The van der Waals surface area contributed by atoms with Crippen LogP contribution < -0.4 is 0 Å². The molecule has 0 saturated carbocycles. The van der Waals surface area contributed by atoms with Crippen LogP contribution in [-0.2, 0) is 6.42 Å². The largest absolute Gasteiger partial charge is 0.440 e. The second kappa shape index (κ2) is 7.12. The van der Waals surface area contributed by atoms with Crippen molar-refractivity contribution in [3.8, 4) is 0 Å². The van der Waals surface area contributed by atoms with E-state index in [0.29, 0.717) is 6.54 Å². The third-order valence-corrected chi connectivity index (χ3v) is 3.16. The zero-order chi connectivity index (χ0) is 14.4. The van der Waals surface area contributed by atoms with Crippen molar-refractivity contribution in [1.82, 2.24) is 4.90 Å². The van der Waals surface area contributed by atoms with Crippen molar-refractivity contribution >= 4 is 17.5 Å². The first kappa shape index (κ1) is 14.6. The first-order valence-corrected chi connectivity index (χ1v) is 6.78. The van der Waals surface area contributed by atoms with Gasteiger partial charge in [0.05, 0.1) is 6.61 Å². The summed E-state index contributed by atoms with van der Waals surface area (Å²) >= 11 is 5.67. The molecule has 2 aromatic rings. The molecular formula is C15H16ClNO3. The lowest BCUT2D eigenvalue weighted by Gasteiger charge is -2.20. The molecule has 1 amide bonds. The molecule has 0 fully saturated rings. The molecule has 0 aliphatic rings. The van der Waals surface area contributed by atoms with E-state index in [1.165, 1.54) is 12.1 Å². The van der Waals surface area contributed by atoms with Crippen molar-refractivity contribution in [2.45, 2.75) is 6.42 Å². The van der Waals surface area contributed by atoms with Gasteiger partial charge >= 0.3 is 0 Å². The van der Waals surface area contributed by atoms with Gasteiger partial charge in [-0.05, 0) is 35.7 Å². The second-order valence-corrected chi connectivity index (χ2v) is 4.73. The summed E-state index contributed by atoms with van der Waals surface area (Å²) in [4.78, 5) is 13.8. The Balaban J connectivity index is 2.01. The highest BCUT2D eigenvalue weighted by molar-refractivity contribution is 6.29. The number of nitrogens with zero attached hydrogens (tertiary/aromatic N) is 1. The fourth-order valence-corrected chi connectivity index (χ4v) is 2.08. The molecule has 0 radical (unpaired) electrons. The minimum absolute atomic E-state index is 0.0883. The minimum atomic E-state index is -0.262. The van der Waals surface area contributed by atoms with Crippen molar-refractivity contribution in [2.75, 3.05) is 19.7 Å². The van der Waals surface area contributed by atoms with Gasteiger partial charge in [0, 0.05) is 13.1 Å². The first-order chi connectivity index (χ1) is 9.70. The molecule has 4 nitrogen and oxygen atoms in total. The molecule has 0 unspecified atom stereocenters. The van der Waals surface area contributed by atoms with E-state index in [9.17, 15) is 4.79 Å². The van der Waals surface area contributed by atoms with Crippen LogP contribution in [0.2, 0.25) is 5.22 Å². The molecule has 0 saturated heterocycles. The van der Waals surface area contributed by atoms with E-state index in [2.05, 4.69) is 0 Å². The minimum Gasteiger partial charge on any atom is -0.440 e. The maximum Gasteiger partial charge on any atom is 0.289 e. The number of hydrogen-bond donors (Lipinski definition) is 1. The van der Waals surface area contributed by atoms with Gasteiger partial charge in [-0.25, -0.2) is 0 Å². The number of aliphatic hydroxyl groups excluding tert-OH is 1. The summed E-state index contributed by atoms with van der Waals surface area (Å²) in [5.41, 5.74) is 1.14. The zero-order valence-electron chi connectivity index (χ0n) is 11.0. The number of hydrogen-bond acceptors (Lipinski definition) is 3. The molecule has 5 heteroatoms. The van der Waals surface area contributed by atoms with Crippen LogP contribution in [0.3, 0.4) is 0 Å². The normalized spacial score (nSPS) is 10.5. The number of carbonyl (C=O) groups excluding carboxylic acids is 1. The number of rotatable bonds is 6. The highest BCUT2D eigenvalue weighted by atomic mass is 35.5. The number of carbonyl (C=O) groups is 1. The summed E-state index contributed by atoms with van der Waals surface area (Å²) in [5, 5.41) is 9.27. The average molecular weight is 294 g/mol. The molecule has 1 aromatic carbocycles. The van der Waals surface area contributed by atoms with E-state index in [-0.39, 0.29) is 30.0 Å². The summed E-state index contributed by atoms with van der Waals surface area (Å²) in [5.74, 6) is -0.0709. The maximum absolute atomic E-state index is 12.2. The molecule has 0 spiro atoms. The molecule has 0 aliphatic heterocycles. The van der Waals surface area contributed by atoms with Crippen molar-refractivity contribution in [3.63, 3.8) is 0 Å². The molecule has 0 aliphatic carbocycles. The van der Waals surface area contributed by atoms with E-state index >= 15 is 0 Å². The van der Waals surface area contributed by atoms with E-state index < -0.39 is 0 Å². The quantitative estimate of drug-likeness (QED) is 0.891. The van der Waals surface area contributed by atoms with Gasteiger partial charge in [0.1, 0.15) is 0 Å². The lowest BCUT2D eigenvalue weighted by atomic mass is 10.1. The predicted molar refractivity (Wildman–Crippen MR) is 76.9 cm³/mol. The van der Waals surface area contributed by atoms with E-state index in [0.717, 1.165) is 12.0 Å². The zero-order valence-corrected chi connectivity index (χ0v) is 11.7. The van der Waals surface area contributed by atoms with Crippen molar-refractivity contribution in [3.05, 3.63) is 59.0 Å². The number of benzene rings is 1. The Morgan fingerprint density at radius 1 is 1.15 bits per heavy atom. The van der Waals surface area contributed by atoms with Crippen LogP contribution >= 0.6 is 11.6 Å². The summed E-state index contributed by atoms with van der Waals surface area (Å²) < 4.78 is 5.12. The van der Waals surface area contributed by atoms with Crippen LogP contribution in [0.15, 0.2) is 46.9 Å². The Labute approximate surface area is 122 Å². The number of aliphatic hydroxyl groups is 1. The molecule has 2 rings (SSSR count). The highest BCUT2D eigenvalue weighted by Crippen LogP contribution is 2.15. The van der Waals surface area contributed by atoms with Crippen LogP contribution in [-0.4, -0.2) is 35.6 Å². The molecule has 1 heterocycles. The van der Waals surface area contributed by atoms with Crippen LogP contribution in [0.4, 0.5) is 0 Å². The van der Waals surface area contributed by atoms with E-state index in [1.54, 1.807) is 4.90 Å². The van der Waals surface area contributed by atoms with Gasteiger partial charge in [-0.15, -0.1) is 0 Å². The van der Waals surface area contributed by atoms with E-state index in [4.69, 9.17) is 21.1 Å². The monoisotopic (exact) mass is 293 g/mol. The first-order valence-electron chi connectivity index (χ1n) is 6.40. The molecule has 0 atom stereocenters. The average Bonchev–Trinajstić information content (AvgIpc) is 2.90. The maximum atomic E-state index is 12.2. The third kappa shape index (κ3) is 3.85. The lowest BCUT2D eigenvalue weighted by molar-refractivity contribution is 0.0692. The van der Waals surface area contributed by atoms with Gasteiger partial charge in [-0.2, -0.15) is 0 Å². The van der Waals surface area contributed by atoms with Gasteiger partial charge in [-0.1, -0.05) is 30.3 Å². The molecule has 106 valence electrons. The van der Waals surface area contributed by atoms with Crippen LogP contribution in [0.5, 0.6) is 0 Å². The van der Waals surface area contributed by atoms with Gasteiger partial charge < -0.3 is 14.4 Å². The van der Waals surface area contributed by atoms with Crippen LogP contribution in [0.1, 0.15) is 16.1 Å². The van der Waals surface area contributed by atoms with Crippen LogP contribution in [0.25, 0.3) is 0 Å². The summed E-state index contributed by atoms with van der Waals surface area (Å²) in [6, 6.07) is 12.9. The van der Waals surface area contributed by atoms with Gasteiger partial charge in [-0.3, -0.25) is 4.79 Å². The van der Waals surface area contributed by atoms with Crippen molar-refractivity contribution in [1.29, 1.82) is 0 Å². The third-order valence-electron chi connectivity index (χ3n) is 2.95. The Kier molecular flexibility index (Phi) is 5.21. The van der Waals surface area contributed by atoms with Crippen molar-refractivity contribution in [2.24, 2.45) is 0 Å². The van der Waals surface area contributed by atoms with Gasteiger partial charge in [0.2, 0.25) is 0 Å². The summed E-state index contributed by atoms with van der Waals surface area (Å²) in [6.45, 7) is 0.695. The number of furan rings is 1. The molecular weight excluding hydrogens is 278 g/mol. The van der Waals surface area contributed by atoms with Crippen molar-refractivity contribution < 1.29 is 14.3 Å². The van der Waals surface area contributed by atoms with Crippen LogP contribution in [0, 0.1) is 0 Å².